The highest BCUT2D eigenvalue weighted by molar-refractivity contribution is 5.31. The maximum atomic E-state index is 12.4. The van der Waals surface area contributed by atoms with E-state index in [-0.39, 0.29) is 5.83 Å². The van der Waals surface area contributed by atoms with Gasteiger partial charge < -0.3 is 0 Å². The van der Waals surface area contributed by atoms with Crippen LogP contribution in [-0.2, 0) is 0 Å². The molecule has 0 atom stereocenters. The minimum atomic E-state index is -0.382. The molecule has 2 heteroatoms. The Morgan fingerprint density at radius 1 is 1.55 bits per heavy atom. The predicted octanol–water partition coefficient (Wildman–Crippen LogP) is 3.49. The van der Waals surface area contributed by atoms with Crippen molar-refractivity contribution >= 4 is 6.72 Å². The SMILES string of the molecule is C=C/C(F)=C(/CC)N=C.CC. The molecule has 0 aromatic rings. The predicted molar refractivity (Wildman–Crippen MR) is 49.5 cm³/mol. The maximum Gasteiger partial charge on any atom is 0.143 e. The summed E-state index contributed by atoms with van der Waals surface area (Å²) in [6.45, 7) is 12.3. The van der Waals surface area contributed by atoms with Crippen LogP contribution in [0.25, 0.3) is 0 Å². The molecule has 64 valence electrons. The molecule has 0 aliphatic heterocycles. The van der Waals surface area contributed by atoms with Gasteiger partial charge in [-0.1, -0.05) is 27.4 Å². The van der Waals surface area contributed by atoms with Crippen LogP contribution in [0.4, 0.5) is 4.39 Å². The van der Waals surface area contributed by atoms with Crippen molar-refractivity contribution in [2.24, 2.45) is 4.99 Å². The highest BCUT2D eigenvalue weighted by Gasteiger charge is 1.94. The molecular weight excluding hydrogens is 141 g/mol. The number of aliphatic imine (C=N–C) groups is 1. The number of halogens is 1. The van der Waals surface area contributed by atoms with Gasteiger partial charge in [0.15, 0.2) is 0 Å². The second-order valence-corrected chi connectivity index (χ2v) is 1.51. The lowest BCUT2D eigenvalue weighted by molar-refractivity contribution is 0.646. The number of hydrogen-bond acceptors (Lipinski definition) is 1. The zero-order valence-corrected chi connectivity index (χ0v) is 7.52. The molecule has 0 bridgehead atoms. The highest BCUT2D eigenvalue weighted by atomic mass is 19.1. The Morgan fingerprint density at radius 2 is 2.00 bits per heavy atom. The first kappa shape index (κ1) is 12.7. The summed E-state index contributed by atoms with van der Waals surface area (Å²) in [5.74, 6) is -0.382. The third-order valence-electron chi connectivity index (χ3n) is 0.981. The fourth-order valence-electron chi connectivity index (χ4n) is 0.474. The van der Waals surface area contributed by atoms with E-state index in [0.29, 0.717) is 12.1 Å². The molecule has 1 nitrogen and oxygen atoms in total. The average molecular weight is 157 g/mol. The lowest BCUT2D eigenvalue weighted by Crippen LogP contribution is -1.76. The van der Waals surface area contributed by atoms with Gasteiger partial charge in [-0.25, -0.2) is 4.39 Å². The molecule has 0 saturated carbocycles. The van der Waals surface area contributed by atoms with Gasteiger partial charge in [0.2, 0.25) is 0 Å². The molecule has 0 fully saturated rings. The third kappa shape index (κ3) is 5.52. The van der Waals surface area contributed by atoms with Crippen molar-refractivity contribution in [1.82, 2.24) is 0 Å². The Morgan fingerprint density at radius 3 is 2.09 bits per heavy atom. The van der Waals surface area contributed by atoms with Gasteiger partial charge in [0.05, 0.1) is 5.70 Å². The minimum absolute atomic E-state index is 0.366. The molecule has 0 aromatic heterocycles. The van der Waals surface area contributed by atoms with E-state index < -0.39 is 0 Å². The Balaban J connectivity index is 0. The average Bonchev–Trinajstić information content (AvgIpc) is 2.10. The van der Waals surface area contributed by atoms with E-state index in [1.807, 2.05) is 20.8 Å². The maximum absolute atomic E-state index is 12.4. The molecule has 0 unspecified atom stereocenters. The summed E-state index contributed by atoms with van der Waals surface area (Å²) in [6.07, 6.45) is 1.69. The molecule has 0 radical (unpaired) electrons. The molecule has 0 rings (SSSR count). The van der Waals surface area contributed by atoms with Crippen molar-refractivity contribution in [3.63, 3.8) is 0 Å². The van der Waals surface area contributed by atoms with E-state index in [9.17, 15) is 4.39 Å². The molecule has 0 amide bonds. The van der Waals surface area contributed by atoms with Crippen LogP contribution in [0.3, 0.4) is 0 Å². The molecular formula is C9H16FN. The van der Waals surface area contributed by atoms with Crippen LogP contribution < -0.4 is 0 Å². The summed E-state index contributed by atoms with van der Waals surface area (Å²) in [5, 5.41) is 0. The molecule has 0 aliphatic rings. The standard InChI is InChI=1S/C7H10FN.C2H6/c1-4-6(8)7(5-2)9-3;1-2/h4H,1,3,5H2,2H3;1-2H3/b7-6+;. The van der Waals surface area contributed by atoms with Gasteiger partial charge in [-0.2, -0.15) is 0 Å². The molecule has 0 N–H and O–H groups in total. The number of nitrogens with zero attached hydrogens (tertiary/aromatic N) is 1. The lowest BCUT2D eigenvalue weighted by atomic mass is 10.3. The normalized spacial score (nSPS) is 10.5. The first-order valence-corrected chi connectivity index (χ1v) is 3.74. The molecule has 0 spiro atoms. The summed E-state index contributed by atoms with van der Waals surface area (Å²) in [7, 11) is 0. The van der Waals surface area contributed by atoms with Gasteiger partial charge in [-0.05, 0) is 19.2 Å². The van der Waals surface area contributed by atoms with Crippen LogP contribution in [0.2, 0.25) is 0 Å². The van der Waals surface area contributed by atoms with Crippen molar-refractivity contribution in [1.29, 1.82) is 0 Å². The van der Waals surface area contributed by atoms with Crippen molar-refractivity contribution < 1.29 is 4.39 Å². The Kier molecular flexibility index (Phi) is 10.5. The fraction of sp³-hybridized carbons (Fsp3) is 0.444. The first-order chi connectivity index (χ1) is 5.26. The van der Waals surface area contributed by atoms with Crippen LogP contribution in [0.5, 0.6) is 0 Å². The van der Waals surface area contributed by atoms with E-state index >= 15 is 0 Å². The van der Waals surface area contributed by atoms with Gasteiger partial charge in [-0.3, -0.25) is 4.99 Å². The summed E-state index contributed by atoms with van der Waals surface area (Å²) < 4.78 is 12.4. The van der Waals surface area contributed by atoms with Gasteiger partial charge in [-0.15, -0.1) is 0 Å². The summed E-state index contributed by atoms with van der Waals surface area (Å²) in [5.41, 5.74) is 0.366. The third-order valence-corrected chi connectivity index (χ3v) is 0.981. The highest BCUT2D eigenvalue weighted by Crippen LogP contribution is 2.10. The van der Waals surface area contributed by atoms with Crippen molar-refractivity contribution in [3.05, 3.63) is 24.2 Å². The molecule has 0 aromatic carbocycles. The second-order valence-electron chi connectivity index (χ2n) is 1.51. The topological polar surface area (TPSA) is 12.4 Å². The van der Waals surface area contributed by atoms with E-state index in [4.69, 9.17) is 0 Å². The van der Waals surface area contributed by atoms with Crippen LogP contribution in [0, 0.1) is 0 Å². The smallest absolute Gasteiger partial charge is 0.143 e. The lowest BCUT2D eigenvalue weighted by Gasteiger charge is -1.93. The van der Waals surface area contributed by atoms with Crippen LogP contribution in [0.1, 0.15) is 27.2 Å². The molecule has 11 heavy (non-hydrogen) atoms. The zero-order valence-electron chi connectivity index (χ0n) is 7.52. The van der Waals surface area contributed by atoms with Gasteiger partial charge >= 0.3 is 0 Å². The van der Waals surface area contributed by atoms with E-state index in [0.717, 1.165) is 6.08 Å². The summed E-state index contributed by atoms with van der Waals surface area (Å²) >= 11 is 0. The van der Waals surface area contributed by atoms with Crippen LogP contribution in [0.15, 0.2) is 29.2 Å². The second kappa shape index (κ2) is 9.08. The zero-order chi connectivity index (χ0) is 9.28. The number of hydrogen-bond donors (Lipinski definition) is 0. The van der Waals surface area contributed by atoms with Crippen LogP contribution >= 0.6 is 0 Å². The minimum Gasteiger partial charge on any atom is -0.266 e. The Labute approximate surface area is 68.3 Å². The fourth-order valence-corrected chi connectivity index (χ4v) is 0.474. The van der Waals surface area contributed by atoms with Gasteiger partial charge in [0, 0.05) is 0 Å². The molecule has 0 aliphatic carbocycles. The Hall–Kier alpha value is -0.920. The first-order valence-electron chi connectivity index (χ1n) is 3.74. The summed E-state index contributed by atoms with van der Waals surface area (Å²) in [6, 6.07) is 0. The number of allylic oxidation sites excluding steroid dienone is 3. The molecule has 0 saturated heterocycles. The van der Waals surface area contributed by atoms with Crippen LogP contribution in [-0.4, -0.2) is 6.72 Å². The van der Waals surface area contributed by atoms with E-state index in [1.165, 1.54) is 0 Å². The van der Waals surface area contributed by atoms with E-state index in [1.54, 1.807) is 0 Å². The largest absolute Gasteiger partial charge is 0.266 e. The van der Waals surface area contributed by atoms with Gasteiger partial charge in [0.25, 0.3) is 0 Å². The summed E-state index contributed by atoms with van der Waals surface area (Å²) in [4.78, 5) is 3.46. The van der Waals surface area contributed by atoms with Gasteiger partial charge in [0.1, 0.15) is 5.83 Å². The van der Waals surface area contributed by atoms with E-state index in [2.05, 4.69) is 18.3 Å². The molecule has 0 heterocycles. The van der Waals surface area contributed by atoms with Crippen molar-refractivity contribution in [2.45, 2.75) is 27.2 Å². The quantitative estimate of drug-likeness (QED) is 0.439. The van der Waals surface area contributed by atoms with Crippen molar-refractivity contribution in [3.8, 4) is 0 Å². The van der Waals surface area contributed by atoms with Crippen molar-refractivity contribution in [2.75, 3.05) is 0 Å². The Bertz CT molecular complexity index is 148. The number of rotatable bonds is 3. The monoisotopic (exact) mass is 157 g/mol.